The number of rotatable bonds is 0. The molecule has 0 saturated heterocycles. The van der Waals surface area contributed by atoms with E-state index >= 15 is 0 Å². The zero-order chi connectivity index (χ0) is 0. The Kier molecular flexibility index (Phi) is 345. The summed E-state index contributed by atoms with van der Waals surface area (Å²) in [6.07, 6.45) is 0. The van der Waals surface area contributed by atoms with Crippen molar-refractivity contribution < 1.29 is 115 Å². The van der Waals surface area contributed by atoms with Crippen molar-refractivity contribution in [2.45, 2.75) is 0 Å². The molecule has 0 rings (SSSR count). The summed E-state index contributed by atoms with van der Waals surface area (Å²) < 4.78 is 0. The first kappa shape index (κ1) is 54.4. The molecule has 0 nitrogen and oxygen atoms in total. The fourth-order valence-electron chi connectivity index (χ4n) is 0. The summed E-state index contributed by atoms with van der Waals surface area (Å²) in [5.74, 6) is 0. The molecule has 6 heteroatoms. The zero-order valence-corrected chi connectivity index (χ0v) is 10.7. The largest absolute Gasteiger partial charge is 0 e. The van der Waals surface area contributed by atoms with Crippen LogP contribution in [0.15, 0.2) is 0 Å². The average Bonchev–Trinajstić information content (AvgIpc) is 0. The second-order valence-corrected chi connectivity index (χ2v) is 0. The molecule has 0 N–H and O–H groups in total. The molecule has 0 heterocycles. The van der Waals surface area contributed by atoms with Gasteiger partial charge in [0, 0.05) is 115 Å². The molecule has 0 aromatic rings. The van der Waals surface area contributed by atoms with E-state index in [0.717, 1.165) is 0 Å². The second-order valence-electron chi connectivity index (χ2n) is 0. The van der Waals surface area contributed by atoms with Gasteiger partial charge in [0.05, 0.1) is 0 Å². The van der Waals surface area contributed by atoms with Gasteiger partial charge in [-0.05, 0) is 0 Å². The Bertz CT molecular complexity index is 15.5. The summed E-state index contributed by atoms with van der Waals surface area (Å²) in [5.41, 5.74) is 0. The summed E-state index contributed by atoms with van der Waals surface area (Å²) in [4.78, 5) is 0. The van der Waals surface area contributed by atoms with Crippen LogP contribution >= 0.6 is 0 Å². The molecular formula is CoFeMnNiTiZr. The molecular weight excluding hydrogens is 368 g/mol. The van der Waals surface area contributed by atoms with Crippen molar-refractivity contribution in [3.8, 4) is 0 Å². The van der Waals surface area contributed by atoms with Crippen LogP contribution in [0.3, 0.4) is 0 Å². The first-order chi connectivity index (χ1) is 0. The van der Waals surface area contributed by atoms with Crippen LogP contribution in [-0.4, -0.2) is 0 Å². The van der Waals surface area contributed by atoms with Crippen LogP contribution in [0, 0.1) is 0 Å². The molecule has 0 aromatic carbocycles. The minimum absolute atomic E-state index is 0. The molecule has 0 aliphatic heterocycles. The molecule has 2 radical (unpaired) electrons. The van der Waals surface area contributed by atoms with E-state index in [2.05, 4.69) is 0 Å². The average molecular weight is 368 g/mol. The van der Waals surface area contributed by atoms with E-state index in [1.165, 1.54) is 0 Å². The van der Waals surface area contributed by atoms with Crippen LogP contribution < -0.4 is 0 Å². The molecule has 0 atom stereocenters. The molecule has 0 bridgehead atoms. The molecule has 6 heavy (non-hydrogen) atoms. The summed E-state index contributed by atoms with van der Waals surface area (Å²) in [6.45, 7) is 0. The molecule has 0 spiro atoms. The summed E-state index contributed by atoms with van der Waals surface area (Å²) in [6, 6.07) is 0. The monoisotopic (exact) mass is 366 g/mol. The van der Waals surface area contributed by atoms with E-state index in [4.69, 9.17) is 0 Å². The topological polar surface area (TPSA) is 0 Å². The van der Waals surface area contributed by atoms with Crippen molar-refractivity contribution in [2.24, 2.45) is 0 Å². The van der Waals surface area contributed by atoms with Crippen LogP contribution in [-0.2, 0) is 115 Å². The molecule has 0 amide bonds. The van der Waals surface area contributed by atoms with E-state index in [9.17, 15) is 0 Å². The van der Waals surface area contributed by atoms with E-state index in [0.29, 0.717) is 0 Å². The van der Waals surface area contributed by atoms with E-state index in [-0.39, 0.29) is 115 Å². The van der Waals surface area contributed by atoms with Crippen LogP contribution in [0.4, 0.5) is 0 Å². The van der Waals surface area contributed by atoms with Crippen LogP contribution in [0.25, 0.3) is 0 Å². The molecule has 0 fully saturated rings. The quantitative estimate of drug-likeness (QED) is 0.528. The van der Waals surface area contributed by atoms with Crippen LogP contribution in [0.5, 0.6) is 0 Å². The van der Waals surface area contributed by atoms with Crippen molar-refractivity contribution in [2.75, 3.05) is 0 Å². The minimum atomic E-state index is 0. The third-order valence-corrected chi connectivity index (χ3v) is 0. The standard InChI is InChI=1S/Co.Fe.Mn.Ni.Ti.Zr. The Hall–Kier alpha value is 3.64. The molecule has 0 aliphatic rings. The zero-order valence-electron chi connectivity index (χ0n) is 2.38. The molecule has 42 valence electrons. The van der Waals surface area contributed by atoms with E-state index < -0.39 is 0 Å². The summed E-state index contributed by atoms with van der Waals surface area (Å²) in [5, 5.41) is 0. The fraction of sp³-hybridized carbons (Fsp3) is 0. The third kappa shape index (κ3) is 25.4. The molecule has 0 saturated carbocycles. The Morgan fingerprint density at radius 1 is 1.00 bits per heavy atom. The molecule has 0 aromatic heterocycles. The maximum absolute atomic E-state index is 0. The Balaban J connectivity index is 0. The Morgan fingerprint density at radius 2 is 1.00 bits per heavy atom. The van der Waals surface area contributed by atoms with Gasteiger partial charge in [0.25, 0.3) is 0 Å². The maximum Gasteiger partial charge on any atom is 0 e. The predicted molar refractivity (Wildman–Crippen MR) is 0 cm³/mol. The van der Waals surface area contributed by atoms with Gasteiger partial charge in [0.2, 0.25) is 0 Å². The van der Waals surface area contributed by atoms with Gasteiger partial charge in [0.15, 0.2) is 0 Å². The van der Waals surface area contributed by atoms with Gasteiger partial charge in [-0.25, -0.2) is 0 Å². The number of hydrogen-bond donors (Lipinski definition) is 0. The van der Waals surface area contributed by atoms with Crippen LogP contribution in [0.2, 0.25) is 0 Å². The third-order valence-electron chi connectivity index (χ3n) is 0. The summed E-state index contributed by atoms with van der Waals surface area (Å²) >= 11 is 0. The van der Waals surface area contributed by atoms with E-state index in [1.54, 1.807) is 0 Å². The predicted octanol–water partition coefficient (Wildman–Crippen LogP) is -0.0150. The van der Waals surface area contributed by atoms with Crippen molar-refractivity contribution in [3.63, 3.8) is 0 Å². The van der Waals surface area contributed by atoms with Crippen molar-refractivity contribution in [1.82, 2.24) is 0 Å². The minimum Gasteiger partial charge on any atom is 0 e. The normalized spacial score (nSPS) is 0. The Morgan fingerprint density at radius 3 is 1.00 bits per heavy atom. The van der Waals surface area contributed by atoms with Crippen molar-refractivity contribution in [1.29, 1.82) is 0 Å². The Labute approximate surface area is 113 Å². The van der Waals surface area contributed by atoms with Gasteiger partial charge in [-0.2, -0.15) is 0 Å². The van der Waals surface area contributed by atoms with Crippen LogP contribution in [0.1, 0.15) is 0 Å². The SMILES string of the molecule is [Co].[Fe].[Mn].[Ni].[Ti].[Zr]. The first-order valence-electron chi connectivity index (χ1n) is 0. The van der Waals surface area contributed by atoms with Crippen molar-refractivity contribution >= 4 is 0 Å². The fourth-order valence-corrected chi connectivity index (χ4v) is 0. The maximum atomic E-state index is 0. The van der Waals surface area contributed by atoms with Gasteiger partial charge >= 0.3 is 0 Å². The summed E-state index contributed by atoms with van der Waals surface area (Å²) in [7, 11) is 0. The second kappa shape index (κ2) is 38.1. The van der Waals surface area contributed by atoms with Gasteiger partial charge in [-0.3, -0.25) is 0 Å². The van der Waals surface area contributed by atoms with Gasteiger partial charge in [-0.15, -0.1) is 0 Å². The van der Waals surface area contributed by atoms with E-state index in [1.807, 2.05) is 0 Å². The smallest absolute Gasteiger partial charge is 0 e. The van der Waals surface area contributed by atoms with Gasteiger partial charge in [-0.1, -0.05) is 0 Å². The van der Waals surface area contributed by atoms with Gasteiger partial charge < -0.3 is 0 Å². The molecule has 0 unspecified atom stereocenters. The van der Waals surface area contributed by atoms with Gasteiger partial charge in [0.1, 0.15) is 0 Å². The first-order valence-corrected chi connectivity index (χ1v) is 0. The molecule has 0 aliphatic carbocycles. The number of hydrogen-bond acceptors (Lipinski definition) is 0. The van der Waals surface area contributed by atoms with Crippen molar-refractivity contribution in [3.05, 3.63) is 0 Å².